The number of nitrogens with two attached hydrogens (primary N) is 2. The predicted molar refractivity (Wildman–Crippen MR) is 116 cm³/mol. The Morgan fingerprint density at radius 1 is 0.769 bits per heavy atom. The van der Waals surface area contributed by atoms with Gasteiger partial charge in [0.1, 0.15) is 0 Å². The summed E-state index contributed by atoms with van der Waals surface area (Å²) in [6.45, 7) is 3.49. The van der Waals surface area contributed by atoms with Gasteiger partial charge in [-0.1, -0.05) is 84.0 Å². The standard InChI is InChI=1S/C20H42N4O.ClH/c1-2-3-4-5-6-7-8-9-10-11-12-13-14-16-19(25)23-17-15-18-24-20(21)22;/h2-18H2,1H3,(H,23,25)(H4,21,22,24);1H. The number of nitrogens with one attached hydrogen (secondary N) is 1. The normalized spacial score (nSPS) is 10.2. The van der Waals surface area contributed by atoms with Crippen molar-refractivity contribution in [1.82, 2.24) is 5.32 Å². The second-order valence-corrected chi connectivity index (χ2v) is 7.00. The topological polar surface area (TPSA) is 93.5 Å². The van der Waals surface area contributed by atoms with Gasteiger partial charge < -0.3 is 16.8 Å². The van der Waals surface area contributed by atoms with Crippen LogP contribution in [0, 0.1) is 0 Å². The van der Waals surface area contributed by atoms with E-state index >= 15 is 0 Å². The Kier molecular flexibility index (Phi) is 23.1. The molecule has 0 radical (unpaired) electrons. The average Bonchev–Trinajstić information content (AvgIpc) is 2.58. The van der Waals surface area contributed by atoms with E-state index in [2.05, 4.69) is 17.2 Å². The fraction of sp³-hybridized carbons (Fsp3) is 0.900. The lowest BCUT2D eigenvalue weighted by molar-refractivity contribution is -0.121. The third-order valence-electron chi connectivity index (χ3n) is 4.46. The molecule has 5 N–H and O–H groups in total. The van der Waals surface area contributed by atoms with E-state index in [1.165, 1.54) is 77.0 Å². The average molecular weight is 391 g/mol. The molecule has 156 valence electrons. The van der Waals surface area contributed by atoms with Crippen LogP contribution in [-0.2, 0) is 4.79 Å². The molecule has 5 nitrogen and oxygen atoms in total. The molecule has 0 bridgehead atoms. The Morgan fingerprint density at radius 3 is 1.69 bits per heavy atom. The maximum atomic E-state index is 11.6. The molecule has 0 aliphatic carbocycles. The van der Waals surface area contributed by atoms with E-state index in [0.29, 0.717) is 19.5 Å². The highest BCUT2D eigenvalue weighted by Gasteiger charge is 2.00. The molecule has 0 aromatic carbocycles. The van der Waals surface area contributed by atoms with Crippen molar-refractivity contribution in [3.05, 3.63) is 0 Å². The maximum Gasteiger partial charge on any atom is 0.219 e. The number of nitrogens with zero attached hydrogens (tertiary/aromatic N) is 1. The molecule has 0 unspecified atom stereocenters. The highest BCUT2D eigenvalue weighted by Crippen LogP contribution is 2.12. The zero-order chi connectivity index (χ0) is 18.6. The van der Waals surface area contributed by atoms with Gasteiger partial charge in [-0.3, -0.25) is 9.79 Å². The van der Waals surface area contributed by atoms with Crippen molar-refractivity contribution in [2.45, 2.75) is 103 Å². The van der Waals surface area contributed by atoms with Crippen LogP contribution in [-0.4, -0.2) is 25.0 Å². The van der Waals surface area contributed by atoms with Gasteiger partial charge in [-0.25, -0.2) is 0 Å². The van der Waals surface area contributed by atoms with Gasteiger partial charge in [-0.05, 0) is 12.8 Å². The second kappa shape index (κ2) is 22.1. The Hall–Kier alpha value is -0.970. The molecule has 0 fully saturated rings. The van der Waals surface area contributed by atoms with Crippen molar-refractivity contribution in [3.63, 3.8) is 0 Å². The minimum Gasteiger partial charge on any atom is -0.370 e. The molecule has 0 spiro atoms. The number of amides is 1. The smallest absolute Gasteiger partial charge is 0.219 e. The van der Waals surface area contributed by atoms with Gasteiger partial charge in [0.15, 0.2) is 5.96 Å². The number of hydrogen-bond acceptors (Lipinski definition) is 2. The fourth-order valence-corrected chi connectivity index (χ4v) is 2.91. The van der Waals surface area contributed by atoms with Crippen molar-refractivity contribution in [2.75, 3.05) is 13.1 Å². The summed E-state index contributed by atoms with van der Waals surface area (Å²) in [5, 5.41) is 2.91. The summed E-state index contributed by atoms with van der Waals surface area (Å²) in [5.74, 6) is 0.256. The van der Waals surface area contributed by atoms with Gasteiger partial charge in [0.05, 0.1) is 0 Å². The molecule has 6 heteroatoms. The molecule has 0 saturated heterocycles. The first-order valence-electron chi connectivity index (χ1n) is 10.5. The van der Waals surface area contributed by atoms with Crippen LogP contribution >= 0.6 is 12.4 Å². The molecule has 0 aromatic heterocycles. The maximum absolute atomic E-state index is 11.6. The zero-order valence-corrected chi connectivity index (χ0v) is 17.8. The van der Waals surface area contributed by atoms with Crippen molar-refractivity contribution in [2.24, 2.45) is 16.5 Å². The molecular formula is C20H43ClN4O. The summed E-state index contributed by atoms with van der Waals surface area (Å²) in [6.07, 6.45) is 18.7. The molecule has 0 atom stereocenters. The highest BCUT2D eigenvalue weighted by molar-refractivity contribution is 5.85. The van der Waals surface area contributed by atoms with Crippen molar-refractivity contribution >= 4 is 24.3 Å². The van der Waals surface area contributed by atoms with E-state index in [-0.39, 0.29) is 24.3 Å². The largest absolute Gasteiger partial charge is 0.370 e. The van der Waals surface area contributed by atoms with Gasteiger partial charge in [0, 0.05) is 19.5 Å². The number of hydrogen-bond donors (Lipinski definition) is 3. The molecule has 0 rings (SSSR count). The molecule has 0 heterocycles. The number of guanidine groups is 1. The molecule has 0 aromatic rings. The number of unbranched alkanes of at least 4 members (excludes halogenated alkanes) is 12. The summed E-state index contributed by atoms with van der Waals surface area (Å²) in [4.78, 5) is 15.5. The lowest BCUT2D eigenvalue weighted by atomic mass is 10.0. The van der Waals surface area contributed by atoms with E-state index in [0.717, 1.165) is 12.8 Å². The number of carbonyl (C=O) groups is 1. The minimum atomic E-state index is 0. The molecule has 1 amide bonds. The van der Waals surface area contributed by atoms with Gasteiger partial charge in [0.25, 0.3) is 0 Å². The minimum absolute atomic E-state index is 0. The Bertz CT molecular complexity index is 334. The van der Waals surface area contributed by atoms with Crippen LogP contribution < -0.4 is 16.8 Å². The summed E-state index contributed by atoms with van der Waals surface area (Å²) in [5.41, 5.74) is 10.5. The number of carbonyl (C=O) groups excluding carboxylic acids is 1. The van der Waals surface area contributed by atoms with Gasteiger partial charge in [0.2, 0.25) is 5.91 Å². The van der Waals surface area contributed by atoms with Crippen LogP contribution in [0.15, 0.2) is 4.99 Å². The van der Waals surface area contributed by atoms with E-state index in [1.807, 2.05) is 0 Å². The van der Waals surface area contributed by atoms with Crippen molar-refractivity contribution in [1.29, 1.82) is 0 Å². The first kappa shape index (κ1) is 27.3. The fourth-order valence-electron chi connectivity index (χ4n) is 2.91. The summed E-state index contributed by atoms with van der Waals surface area (Å²) < 4.78 is 0. The monoisotopic (exact) mass is 390 g/mol. The number of halogens is 1. The Morgan fingerprint density at radius 2 is 1.23 bits per heavy atom. The quantitative estimate of drug-likeness (QED) is 0.180. The van der Waals surface area contributed by atoms with Crippen molar-refractivity contribution < 1.29 is 4.79 Å². The van der Waals surface area contributed by atoms with E-state index in [1.54, 1.807) is 0 Å². The molecule has 26 heavy (non-hydrogen) atoms. The van der Waals surface area contributed by atoms with Gasteiger partial charge >= 0.3 is 0 Å². The van der Waals surface area contributed by atoms with Crippen LogP contribution in [0.3, 0.4) is 0 Å². The van der Waals surface area contributed by atoms with Crippen LogP contribution in [0.2, 0.25) is 0 Å². The summed E-state index contributed by atoms with van der Waals surface area (Å²) in [7, 11) is 0. The van der Waals surface area contributed by atoms with E-state index in [4.69, 9.17) is 11.5 Å². The third-order valence-corrected chi connectivity index (χ3v) is 4.46. The van der Waals surface area contributed by atoms with Crippen molar-refractivity contribution in [3.8, 4) is 0 Å². The Balaban J connectivity index is 0. The molecule has 0 saturated carbocycles. The summed E-state index contributed by atoms with van der Waals surface area (Å²) in [6, 6.07) is 0. The van der Waals surface area contributed by atoms with E-state index in [9.17, 15) is 4.79 Å². The van der Waals surface area contributed by atoms with Gasteiger partial charge in [-0.15, -0.1) is 12.4 Å². The van der Waals surface area contributed by atoms with Crippen LogP contribution in [0.25, 0.3) is 0 Å². The first-order chi connectivity index (χ1) is 12.2. The van der Waals surface area contributed by atoms with Crippen LogP contribution in [0.4, 0.5) is 0 Å². The third kappa shape index (κ3) is 23.0. The highest BCUT2D eigenvalue weighted by atomic mass is 35.5. The molecular weight excluding hydrogens is 348 g/mol. The van der Waals surface area contributed by atoms with Gasteiger partial charge in [-0.2, -0.15) is 0 Å². The lowest BCUT2D eigenvalue weighted by Gasteiger charge is -2.05. The summed E-state index contributed by atoms with van der Waals surface area (Å²) >= 11 is 0. The second-order valence-electron chi connectivity index (χ2n) is 7.00. The predicted octanol–water partition coefficient (Wildman–Crippen LogP) is 4.67. The number of aliphatic imine (C=N–C) groups is 1. The van der Waals surface area contributed by atoms with Crippen LogP contribution in [0.1, 0.15) is 103 Å². The molecule has 0 aliphatic rings. The zero-order valence-electron chi connectivity index (χ0n) is 16.9. The SMILES string of the molecule is CCCCCCCCCCCCCCCC(=O)NCCCN=C(N)N.Cl. The van der Waals surface area contributed by atoms with Crippen LogP contribution in [0.5, 0.6) is 0 Å². The van der Waals surface area contributed by atoms with E-state index < -0.39 is 0 Å². The number of rotatable bonds is 18. The Labute approximate surface area is 167 Å². The lowest BCUT2D eigenvalue weighted by Crippen LogP contribution is -2.26. The first-order valence-corrected chi connectivity index (χ1v) is 10.5. The molecule has 0 aliphatic heterocycles.